The van der Waals surface area contributed by atoms with Crippen molar-refractivity contribution in [1.29, 1.82) is 0 Å². The number of ether oxygens (including phenoxy) is 1. The van der Waals surface area contributed by atoms with Gasteiger partial charge < -0.3 is 10.1 Å². The van der Waals surface area contributed by atoms with E-state index in [2.05, 4.69) is 181 Å². The van der Waals surface area contributed by atoms with Gasteiger partial charge in [-0.15, -0.1) is 0 Å². The minimum absolute atomic E-state index is 0.422. The van der Waals surface area contributed by atoms with Crippen molar-refractivity contribution in [3.8, 4) is 44.9 Å². The smallest absolute Gasteiger partial charge is 0.170 e. The van der Waals surface area contributed by atoms with Crippen LogP contribution in [0.15, 0.2) is 210 Å². The number of nitrogens with zero attached hydrogens (tertiary/aromatic N) is 2. The number of benzene rings is 8. The Morgan fingerprint density at radius 1 is 0.375 bits per heavy atom. The highest BCUT2D eigenvalue weighted by molar-refractivity contribution is 6.16. The highest BCUT2D eigenvalue weighted by Gasteiger charge is 2.51. The van der Waals surface area contributed by atoms with E-state index in [1.807, 2.05) is 24.3 Å². The first-order valence-corrected chi connectivity index (χ1v) is 19.1. The van der Waals surface area contributed by atoms with Crippen LogP contribution >= 0.6 is 0 Å². The van der Waals surface area contributed by atoms with Crippen molar-refractivity contribution in [1.82, 2.24) is 5.32 Å². The Morgan fingerprint density at radius 3 is 1.54 bits per heavy atom. The van der Waals surface area contributed by atoms with E-state index in [9.17, 15) is 0 Å². The molecule has 0 saturated heterocycles. The molecule has 0 amide bonds. The molecule has 8 aromatic carbocycles. The van der Waals surface area contributed by atoms with Gasteiger partial charge in [0, 0.05) is 27.8 Å². The normalized spacial score (nSPS) is 15.6. The summed E-state index contributed by atoms with van der Waals surface area (Å²) in [5.74, 6) is 3.36. The maximum absolute atomic E-state index is 6.68. The van der Waals surface area contributed by atoms with Crippen molar-refractivity contribution in [2.24, 2.45) is 9.98 Å². The molecule has 0 bridgehead atoms. The van der Waals surface area contributed by atoms with Crippen LogP contribution in [0, 0.1) is 0 Å². The van der Waals surface area contributed by atoms with Crippen molar-refractivity contribution in [3.05, 3.63) is 239 Å². The first kappa shape index (κ1) is 32.2. The molecule has 0 fully saturated rings. The van der Waals surface area contributed by atoms with E-state index in [1.165, 1.54) is 22.3 Å². The molecule has 2 aliphatic heterocycles. The average molecular weight is 718 g/mol. The van der Waals surface area contributed by atoms with Crippen LogP contribution in [0.1, 0.15) is 45.1 Å². The van der Waals surface area contributed by atoms with Gasteiger partial charge in [-0.25, -0.2) is 9.98 Å². The Hall–Kier alpha value is -7.30. The summed E-state index contributed by atoms with van der Waals surface area (Å²) in [6.07, 6.45) is -0.422. The maximum atomic E-state index is 6.68. The van der Waals surface area contributed by atoms with Gasteiger partial charge in [-0.3, -0.25) is 0 Å². The second-order valence-corrected chi connectivity index (χ2v) is 14.5. The quantitative estimate of drug-likeness (QED) is 0.193. The number of rotatable bonds is 5. The van der Waals surface area contributed by atoms with Crippen LogP contribution in [0.4, 0.5) is 0 Å². The fraction of sp³-hybridized carbons (Fsp3) is 0.0385. The molecule has 2 heterocycles. The maximum Gasteiger partial charge on any atom is 0.170 e. The van der Waals surface area contributed by atoms with Crippen LogP contribution in [0.5, 0.6) is 11.5 Å². The van der Waals surface area contributed by atoms with Gasteiger partial charge in [0.05, 0.1) is 5.41 Å². The molecule has 0 saturated carbocycles. The molecule has 0 aromatic heterocycles. The molecule has 8 aromatic rings. The van der Waals surface area contributed by atoms with Crippen LogP contribution in [-0.4, -0.2) is 11.7 Å². The lowest BCUT2D eigenvalue weighted by molar-refractivity contribution is 0.436. The molecule has 4 heteroatoms. The fourth-order valence-corrected chi connectivity index (χ4v) is 8.94. The van der Waals surface area contributed by atoms with Crippen LogP contribution in [-0.2, 0) is 5.41 Å². The number of aliphatic imine (C=N–C) groups is 2. The lowest BCUT2D eigenvalue weighted by Gasteiger charge is -2.39. The highest BCUT2D eigenvalue weighted by Crippen LogP contribution is 2.62. The van der Waals surface area contributed by atoms with Gasteiger partial charge in [-0.05, 0) is 62.7 Å². The van der Waals surface area contributed by atoms with Gasteiger partial charge in [0.2, 0.25) is 0 Å². The molecule has 1 unspecified atom stereocenters. The van der Waals surface area contributed by atoms with Crippen molar-refractivity contribution in [2.75, 3.05) is 0 Å². The summed E-state index contributed by atoms with van der Waals surface area (Å²) in [7, 11) is 0. The van der Waals surface area contributed by atoms with Crippen LogP contribution in [0.3, 0.4) is 0 Å². The van der Waals surface area contributed by atoms with Gasteiger partial charge in [-0.1, -0.05) is 182 Å². The molecule has 1 atom stereocenters. The Kier molecular flexibility index (Phi) is 7.42. The van der Waals surface area contributed by atoms with E-state index >= 15 is 0 Å². The largest absolute Gasteiger partial charge is 0.457 e. The van der Waals surface area contributed by atoms with Gasteiger partial charge in [0.25, 0.3) is 0 Å². The molecule has 0 radical (unpaired) electrons. The van der Waals surface area contributed by atoms with Crippen molar-refractivity contribution >= 4 is 11.7 Å². The summed E-state index contributed by atoms with van der Waals surface area (Å²) in [5, 5.41) is 3.59. The van der Waals surface area contributed by atoms with E-state index < -0.39 is 11.6 Å². The predicted octanol–water partition coefficient (Wildman–Crippen LogP) is 12.0. The lowest BCUT2D eigenvalue weighted by atomic mass is 9.66. The van der Waals surface area contributed by atoms with E-state index in [0.717, 1.165) is 73.2 Å². The molecule has 3 aliphatic rings. The molecule has 1 aliphatic carbocycles. The Bertz CT molecular complexity index is 2810. The van der Waals surface area contributed by atoms with Crippen molar-refractivity contribution in [2.45, 2.75) is 11.6 Å². The fourth-order valence-electron chi connectivity index (χ4n) is 8.94. The van der Waals surface area contributed by atoms with Gasteiger partial charge >= 0.3 is 0 Å². The zero-order chi connectivity index (χ0) is 37.1. The molecule has 1 N–H and O–H groups in total. The topological polar surface area (TPSA) is 46.0 Å². The monoisotopic (exact) mass is 717 g/mol. The molecule has 56 heavy (non-hydrogen) atoms. The summed E-state index contributed by atoms with van der Waals surface area (Å²) in [4.78, 5) is 10.4. The minimum Gasteiger partial charge on any atom is -0.457 e. The molecule has 264 valence electrons. The van der Waals surface area contributed by atoms with Crippen LogP contribution in [0.25, 0.3) is 33.4 Å². The summed E-state index contributed by atoms with van der Waals surface area (Å²) in [5.41, 5.74) is 14.5. The number of para-hydroxylation sites is 1. The highest BCUT2D eigenvalue weighted by atomic mass is 16.5. The second kappa shape index (κ2) is 12.9. The summed E-state index contributed by atoms with van der Waals surface area (Å²) >= 11 is 0. The Morgan fingerprint density at radius 2 is 0.857 bits per heavy atom. The SMILES string of the molecule is c1ccc(C2=NC(c3ccccc3-c3ccccc3)N=C(c3ccc(-c4ccc5c(c4)C4(c6ccccc6O5)c5ccccc5-c5ccccc54)cc3)N2)cc1. The van der Waals surface area contributed by atoms with Crippen LogP contribution < -0.4 is 10.1 Å². The first-order valence-electron chi connectivity index (χ1n) is 19.1. The van der Waals surface area contributed by atoms with E-state index in [4.69, 9.17) is 14.7 Å². The molecule has 11 rings (SSSR count). The zero-order valence-electron chi connectivity index (χ0n) is 30.4. The number of amidine groups is 2. The third-order valence-corrected chi connectivity index (χ3v) is 11.4. The number of nitrogens with one attached hydrogen (secondary N) is 1. The van der Waals surface area contributed by atoms with E-state index in [1.54, 1.807) is 0 Å². The summed E-state index contributed by atoms with van der Waals surface area (Å²) in [6.45, 7) is 0. The predicted molar refractivity (Wildman–Crippen MR) is 227 cm³/mol. The third kappa shape index (κ3) is 5.00. The average Bonchev–Trinajstić information content (AvgIpc) is 3.57. The van der Waals surface area contributed by atoms with E-state index in [-0.39, 0.29) is 0 Å². The van der Waals surface area contributed by atoms with Crippen molar-refractivity contribution < 1.29 is 4.74 Å². The lowest BCUT2D eigenvalue weighted by Crippen LogP contribution is -2.36. The van der Waals surface area contributed by atoms with Crippen LogP contribution in [0.2, 0.25) is 0 Å². The Labute approximate surface area is 326 Å². The molecule has 1 spiro atoms. The first-order chi connectivity index (χ1) is 27.8. The molecular weight excluding hydrogens is 683 g/mol. The molecular formula is C52H35N3O. The third-order valence-electron chi connectivity index (χ3n) is 11.4. The van der Waals surface area contributed by atoms with E-state index in [0.29, 0.717) is 0 Å². The number of hydrogen-bond acceptors (Lipinski definition) is 4. The van der Waals surface area contributed by atoms with Gasteiger partial charge in [0.15, 0.2) is 6.17 Å². The number of hydrogen-bond donors (Lipinski definition) is 1. The van der Waals surface area contributed by atoms with Gasteiger partial charge in [-0.2, -0.15) is 0 Å². The number of fused-ring (bicyclic) bond motifs is 9. The second-order valence-electron chi connectivity index (χ2n) is 14.5. The molecule has 4 nitrogen and oxygen atoms in total. The zero-order valence-corrected chi connectivity index (χ0v) is 30.4. The minimum atomic E-state index is -0.508. The van der Waals surface area contributed by atoms with Gasteiger partial charge in [0.1, 0.15) is 23.2 Å². The summed E-state index contributed by atoms with van der Waals surface area (Å²) in [6, 6.07) is 70.8. The summed E-state index contributed by atoms with van der Waals surface area (Å²) < 4.78 is 6.68. The standard InChI is InChI=1S/C52H35N3O/c1-3-15-35(16-4-1)39-19-7-8-22-42(39)51-54-49(36-17-5-2-6-18-36)53-50(55-51)37-29-27-34(28-30-37)38-31-32-48-46(33-38)52(45-25-13-14-26-47(45)56-48)43-23-11-9-20-40(43)41-21-10-12-24-44(41)52/h1-33,51H,(H,53,54,55). The van der Waals surface area contributed by atoms with Crippen molar-refractivity contribution in [3.63, 3.8) is 0 Å². The Balaban J connectivity index is 1.01.